The second kappa shape index (κ2) is 9.58. The lowest BCUT2D eigenvalue weighted by atomic mass is 10.1. The molecule has 0 aliphatic carbocycles. The molecule has 0 fully saturated rings. The van der Waals surface area contributed by atoms with E-state index in [9.17, 15) is 0 Å². The molecule has 0 spiro atoms. The Kier molecular flexibility index (Phi) is 6.04. The fraction of sp³-hybridized carbons (Fsp3) is 0.143. The molecule has 0 bridgehead atoms. The van der Waals surface area contributed by atoms with E-state index in [4.69, 9.17) is 9.47 Å². The van der Waals surface area contributed by atoms with Crippen molar-refractivity contribution >= 4 is 21.8 Å². The summed E-state index contributed by atoms with van der Waals surface area (Å²) in [5.74, 6) is 1.72. The molecule has 1 aromatic heterocycles. The summed E-state index contributed by atoms with van der Waals surface area (Å²) in [6.45, 7) is 2.82. The van der Waals surface area contributed by atoms with Crippen molar-refractivity contribution in [1.82, 2.24) is 10.3 Å². The topological polar surface area (TPSA) is 46.3 Å². The highest BCUT2D eigenvalue weighted by atomic mass is 16.5. The van der Waals surface area contributed by atoms with E-state index in [1.54, 1.807) is 0 Å². The third kappa shape index (κ3) is 4.76. The molecule has 5 rings (SSSR count). The molecular formula is C28H26N2O2. The Morgan fingerprint density at radius 1 is 0.625 bits per heavy atom. The van der Waals surface area contributed by atoms with Crippen LogP contribution in [-0.4, -0.2) is 18.1 Å². The normalized spacial score (nSPS) is 11.1. The minimum atomic E-state index is 0.558. The van der Waals surface area contributed by atoms with E-state index in [1.807, 2.05) is 36.4 Å². The first-order valence-corrected chi connectivity index (χ1v) is 10.9. The molecule has 4 aromatic carbocycles. The monoisotopic (exact) mass is 422 g/mol. The van der Waals surface area contributed by atoms with Crippen LogP contribution in [0.15, 0.2) is 97.1 Å². The Labute approximate surface area is 187 Å². The maximum absolute atomic E-state index is 5.98. The van der Waals surface area contributed by atoms with E-state index in [1.165, 1.54) is 16.3 Å². The average Bonchev–Trinajstić information content (AvgIpc) is 3.21. The van der Waals surface area contributed by atoms with Gasteiger partial charge in [-0.3, -0.25) is 0 Å². The first kappa shape index (κ1) is 20.2. The van der Waals surface area contributed by atoms with E-state index in [-0.39, 0.29) is 0 Å². The number of rotatable bonds is 9. The molecule has 0 unspecified atom stereocenters. The molecule has 0 saturated heterocycles. The molecule has 0 atom stereocenters. The fourth-order valence-electron chi connectivity index (χ4n) is 3.86. The molecule has 32 heavy (non-hydrogen) atoms. The minimum Gasteiger partial charge on any atom is -0.492 e. The summed E-state index contributed by atoms with van der Waals surface area (Å²) in [4.78, 5) is 3.50. The summed E-state index contributed by atoms with van der Waals surface area (Å²) in [6.07, 6.45) is 0. The second-order valence-corrected chi connectivity index (χ2v) is 7.82. The lowest BCUT2D eigenvalue weighted by molar-refractivity contribution is 0.306. The lowest BCUT2D eigenvalue weighted by Crippen LogP contribution is -2.20. The SMILES string of the molecule is c1ccc(CNCCOc2ccc3c(c2)[nH]c2cc(OCc4ccccc4)ccc23)cc1. The van der Waals surface area contributed by atoms with Gasteiger partial charge in [0, 0.05) is 36.0 Å². The highest BCUT2D eigenvalue weighted by Crippen LogP contribution is 2.30. The largest absolute Gasteiger partial charge is 0.492 e. The van der Waals surface area contributed by atoms with Crippen molar-refractivity contribution in [3.63, 3.8) is 0 Å². The third-order valence-electron chi connectivity index (χ3n) is 5.51. The number of ether oxygens (including phenoxy) is 2. The average molecular weight is 423 g/mol. The number of H-pyrrole nitrogens is 1. The number of hydrogen-bond donors (Lipinski definition) is 2. The Balaban J connectivity index is 1.21. The first-order valence-electron chi connectivity index (χ1n) is 10.9. The first-order chi connectivity index (χ1) is 15.8. The van der Waals surface area contributed by atoms with Gasteiger partial charge < -0.3 is 19.8 Å². The molecular weight excluding hydrogens is 396 g/mol. The number of aromatic nitrogens is 1. The predicted molar refractivity (Wildman–Crippen MR) is 130 cm³/mol. The quantitative estimate of drug-likeness (QED) is 0.284. The van der Waals surface area contributed by atoms with Gasteiger partial charge in [0.2, 0.25) is 0 Å². The van der Waals surface area contributed by atoms with E-state index in [0.29, 0.717) is 13.2 Å². The van der Waals surface area contributed by atoms with Gasteiger partial charge in [-0.25, -0.2) is 0 Å². The van der Waals surface area contributed by atoms with Crippen molar-refractivity contribution in [2.24, 2.45) is 0 Å². The van der Waals surface area contributed by atoms with Gasteiger partial charge in [0.05, 0.1) is 11.0 Å². The highest BCUT2D eigenvalue weighted by molar-refractivity contribution is 6.07. The molecule has 4 heteroatoms. The number of aromatic amines is 1. The predicted octanol–water partition coefficient (Wildman–Crippen LogP) is 6.07. The summed E-state index contributed by atoms with van der Waals surface area (Å²) in [6, 6.07) is 33.0. The van der Waals surface area contributed by atoms with Crippen molar-refractivity contribution in [2.75, 3.05) is 13.2 Å². The van der Waals surface area contributed by atoms with Gasteiger partial charge in [0.15, 0.2) is 0 Å². The summed E-state index contributed by atoms with van der Waals surface area (Å²) >= 11 is 0. The van der Waals surface area contributed by atoms with Crippen LogP contribution in [0, 0.1) is 0 Å². The summed E-state index contributed by atoms with van der Waals surface area (Å²) in [7, 11) is 0. The van der Waals surface area contributed by atoms with Crippen LogP contribution in [0.4, 0.5) is 0 Å². The fourth-order valence-corrected chi connectivity index (χ4v) is 3.86. The number of benzene rings is 4. The molecule has 0 saturated carbocycles. The number of fused-ring (bicyclic) bond motifs is 3. The van der Waals surface area contributed by atoms with Crippen LogP contribution in [0.5, 0.6) is 11.5 Å². The van der Waals surface area contributed by atoms with Gasteiger partial charge in [-0.2, -0.15) is 0 Å². The van der Waals surface area contributed by atoms with Crippen molar-refractivity contribution in [3.05, 3.63) is 108 Å². The maximum Gasteiger partial charge on any atom is 0.121 e. The van der Waals surface area contributed by atoms with Crippen molar-refractivity contribution in [2.45, 2.75) is 13.2 Å². The van der Waals surface area contributed by atoms with Crippen LogP contribution < -0.4 is 14.8 Å². The summed E-state index contributed by atoms with van der Waals surface area (Å²) < 4.78 is 11.9. The Bertz CT molecular complexity index is 1300. The maximum atomic E-state index is 5.98. The standard InChI is InChI=1S/C28H26N2O2/c1-3-7-21(8-4-1)19-29-15-16-31-23-11-13-25-26-14-12-24(18-28(26)30-27(25)17-23)32-20-22-9-5-2-6-10-22/h1-14,17-18,29-30H,15-16,19-20H2. The minimum absolute atomic E-state index is 0.558. The molecule has 1 heterocycles. The zero-order valence-corrected chi connectivity index (χ0v) is 17.9. The summed E-state index contributed by atoms with van der Waals surface area (Å²) in [5, 5.41) is 5.78. The van der Waals surface area contributed by atoms with Crippen LogP contribution in [0.2, 0.25) is 0 Å². The smallest absolute Gasteiger partial charge is 0.121 e. The molecule has 0 aliphatic heterocycles. The molecule has 0 amide bonds. The van der Waals surface area contributed by atoms with Crippen LogP contribution in [-0.2, 0) is 13.2 Å². The van der Waals surface area contributed by atoms with Gasteiger partial charge in [0.1, 0.15) is 24.7 Å². The Hall–Kier alpha value is -3.76. The van der Waals surface area contributed by atoms with Crippen LogP contribution in [0.25, 0.3) is 21.8 Å². The van der Waals surface area contributed by atoms with E-state index in [2.05, 4.69) is 71.0 Å². The Morgan fingerprint density at radius 3 is 1.88 bits per heavy atom. The van der Waals surface area contributed by atoms with Crippen molar-refractivity contribution in [3.8, 4) is 11.5 Å². The van der Waals surface area contributed by atoms with Crippen LogP contribution in [0.3, 0.4) is 0 Å². The van der Waals surface area contributed by atoms with E-state index >= 15 is 0 Å². The number of nitrogens with one attached hydrogen (secondary N) is 2. The number of hydrogen-bond acceptors (Lipinski definition) is 3. The van der Waals surface area contributed by atoms with Gasteiger partial charge >= 0.3 is 0 Å². The molecule has 0 radical (unpaired) electrons. The van der Waals surface area contributed by atoms with Crippen molar-refractivity contribution in [1.29, 1.82) is 0 Å². The van der Waals surface area contributed by atoms with Crippen LogP contribution in [0.1, 0.15) is 11.1 Å². The van der Waals surface area contributed by atoms with Gasteiger partial charge in [-0.05, 0) is 35.4 Å². The zero-order chi connectivity index (χ0) is 21.6. The third-order valence-corrected chi connectivity index (χ3v) is 5.51. The van der Waals surface area contributed by atoms with Crippen LogP contribution >= 0.6 is 0 Å². The van der Waals surface area contributed by atoms with Gasteiger partial charge in [-0.1, -0.05) is 60.7 Å². The molecule has 4 nitrogen and oxygen atoms in total. The highest BCUT2D eigenvalue weighted by Gasteiger charge is 2.07. The molecule has 5 aromatic rings. The molecule has 2 N–H and O–H groups in total. The second-order valence-electron chi connectivity index (χ2n) is 7.82. The lowest BCUT2D eigenvalue weighted by Gasteiger charge is -2.08. The molecule has 160 valence electrons. The summed E-state index contributed by atoms with van der Waals surface area (Å²) in [5.41, 5.74) is 4.56. The van der Waals surface area contributed by atoms with Gasteiger partial charge in [-0.15, -0.1) is 0 Å². The van der Waals surface area contributed by atoms with Crippen molar-refractivity contribution < 1.29 is 9.47 Å². The Morgan fingerprint density at radius 2 is 1.22 bits per heavy atom. The van der Waals surface area contributed by atoms with E-state index in [0.717, 1.165) is 41.2 Å². The van der Waals surface area contributed by atoms with Gasteiger partial charge in [0.25, 0.3) is 0 Å². The zero-order valence-electron chi connectivity index (χ0n) is 17.9. The van der Waals surface area contributed by atoms with E-state index < -0.39 is 0 Å². The molecule has 0 aliphatic rings.